The van der Waals surface area contributed by atoms with Gasteiger partial charge >= 0.3 is 0 Å². The minimum atomic E-state index is -0.791. The molecule has 0 saturated heterocycles. The normalized spacial score (nSPS) is 12.5. The molecule has 0 aliphatic rings. The van der Waals surface area contributed by atoms with Gasteiger partial charge in [-0.1, -0.05) is 25.1 Å². The Bertz CT molecular complexity index is 925. The van der Waals surface area contributed by atoms with Gasteiger partial charge in [-0.25, -0.2) is 4.98 Å². The van der Waals surface area contributed by atoms with E-state index in [2.05, 4.69) is 11.9 Å². The first-order valence-electron chi connectivity index (χ1n) is 8.34. The Morgan fingerprint density at radius 3 is 2.72 bits per heavy atom. The summed E-state index contributed by atoms with van der Waals surface area (Å²) < 4.78 is 7.22. The van der Waals surface area contributed by atoms with Gasteiger partial charge in [0, 0.05) is 4.88 Å². The Morgan fingerprint density at radius 1 is 1.32 bits per heavy atom. The molecule has 0 spiro atoms. The number of ether oxygens (including phenoxy) is 1. The maximum atomic E-state index is 12.6. The van der Waals surface area contributed by atoms with Crippen LogP contribution >= 0.6 is 11.3 Å². The van der Waals surface area contributed by atoms with Gasteiger partial charge in [-0.15, -0.1) is 11.3 Å². The number of hydrogen-bond donors (Lipinski definition) is 1. The highest BCUT2D eigenvalue weighted by Gasteiger charge is 2.13. The monoisotopic (exact) mass is 358 g/mol. The van der Waals surface area contributed by atoms with Gasteiger partial charge in [0.15, 0.2) is 0 Å². The summed E-state index contributed by atoms with van der Waals surface area (Å²) in [6.45, 7) is 6.28. The molecule has 2 heterocycles. The van der Waals surface area contributed by atoms with E-state index in [0.717, 1.165) is 33.0 Å². The van der Waals surface area contributed by atoms with Crippen molar-refractivity contribution in [1.82, 2.24) is 9.55 Å². The number of aromatic nitrogens is 2. The van der Waals surface area contributed by atoms with Crippen molar-refractivity contribution in [2.45, 2.75) is 39.8 Å². The SMILES string of the molecule is CCc1cc2c(=O)n(CC(O)COc3c(C)cccc3C)cnc2s1. The van der Waals surface area contributed by atoms with Crippen LogP contribution in [0.1, 0.15) is 22.9 Å². The molecule has 0 radical (unpaired) electrons. The average molecular weight is 358 g/mol. The van der Waals surface area contributed by atoms with E-state index in [0.29, 0.717) is 5.39 Å². The third-order valence-corrected chi connectivity index (χ3v) is 5.34. The van der Waals surface area contributed by atoms with Crippen LogP contribution in [0.15, 0.2) is 35.4 Å². The fourth-order valence-corrected chi connectivity index (χ4v) is 3.73. The third-order valence-electron chi connectivity index (χ3n) is 4.15. The number of para-hydroxylation sites is 1. The average Bonchev–Trinajstić information content (AvgIpc) is 3.01. The molecule has 6 heteroatoms. The lowest BCUT2D eigenvalue weighted by atomic mass is 10.1. The Balaban J connectivity index is 1.72. The number of rotatable bonds is 6. The number of fused-ring (bicyclic) bond motifs is 1. The quantitative estimate of drug-likeness (QED) is 0.735. The van der Waals surface area contributed by atoms with Crippen LogP contribution < -0.4 is 10.3 Å². The van der Waals surface area contributed by atoms with E-state index in [1.165, 1.54) is 22.2 Å². The second-order valence-electron chi connectivity index (χ2n) is 6.17. The van der Waals surface area contributed by atoms with E-state index in [1.807, 2.05) is 38.1 Å². The van der Waals surface area contributed by atoms with E-state index in [-0.39, 0.29) is 18.7 Å². The summed E-state index contributed by atoms with van der Waals surface area (Å²) in [6.07, 6.45) is 1.59. The van der Waals surface area contributed by atoms with Crippen molar-refractivity contribution in [2.75, 3.05) is 6.61 Å². The predicted molar refractivity (Wildman–Crippen MR) is 101 cm³/mol. The van der Waals surface area contributed by atoms with Crippen molar-refractivity contribution < 1.29 is 9.84 Å². The van der Waals surface area contributed by atoms with E-state index in [9.17, 15) is 9.90 Å². The lowest BCUT2D eigenvalue weighted by Crippen LogP contribution is -2.30. The number of nitrogens with zero attached hydrogens (tertiary/aromatic N) is 2. The van der Waals surface area contributed by atoms with E-state index in [4.69, 9.17) is 4.74 Å². The Hall–Kier alpha value is -2.18. The van der Waals surface area contributed by atoms with Gasteiger partial charge < -0.3 is 9.84 Å². The molecule has 1 unspecified atom stereocenters. The minimum Gasteiger partial charge on any atom is -0.490 e. The maximum absolute atomic E-state index is 12.6. The van der Waals surface area contributed by atoms with Crippen molar-refractivity contribution in [3.8, 4) is 5.75 Å². The first kappa shape index (κ1) is 17.6. The molecule has 1 aromatic carbocycles. The molecule has 3 aromatic rings. The van der Waals surface area contributed by atoms with Gasteiger partial charge in [0.05, 0.1) is 18.3 Å². The van der Waals surface area contributed by atoms with E-state index in [1.54, 1.807) is 0 Å². The molecule has 1 atom stereocenters. The number of aryl methyl sites for hydroxylation is 3. The van der Waals surface area contributed by atoms with Crippen molar-refractivity contribution in [2.24, 2.45) is 0 Å². The van der Waals surface area contributed by atoms with Crippen LogP contribution in [0.2, 0.25) is 0 Å². The zero-order valence-corrected chi connectivity index (χ0v) is 15.5. The Labute approximate surface area is 150 Å². The van der Waals surface area contributed by atoms with E-state index >= 15 is 0 Å². The molecule has 25 heavy (non-hydrogen) atoms. The van der Waals surface area contributed by atoms with Crippen LogP contribution in [0.5, 0.6) is 5.75 Å². The number of aliphatic hydroxyl groups excluding tert-OH is 1. The zero-order chi connectivity index (χ0) is 18.0. The van der Waals surface area contributed by atoms with Gasteiger partial charge in [-0.3, -0.25) is 9.36 Å². The van der Waals surface area contributed by atoms with Gasteiger partial charge in [0.1, 0.15) is 23.3 Å². The third kappa shape index (κ3) is 3.75. The van der Waals surface area contributed by atoms with Gasteiger partial charge in [0.2, 0.25) is 0 Å². The second kappa shape index (κ2) is 7.37. The van der Waals surface area contributed by atoms with Crippen LogP contribution in [-0.4, -0.2) is 27.4 Å². The first-order valence-corrected chi connectivity index (χ1v) is 9.16. The molecule has 1 N–H and O–H groups in total. The first-order chi connectivity index (χ1) is 12.0. The van der Waals surface area contributed by atoms with E-state index < -0.39 is 6.10 Å². The van der Waals surface area contributed by atoms with Crippen LogP contribution in [0, 0.1) is 13.8 Å². The van der Waals surface area contributed by atoms with Crippen molar-refractivity contribution in [3.63, 3.8) is 0 Å². The summed E-state index contributed by atoms with van der Waals surface area (Å²) in [4.78, 5) is 18.8. The Morgan fingerprint density at radius 2 is 2.04 bits per heavy atom. The summed E-state index contributed by atoms with van der Waals surface area (Å²) in [5.74, 6) is 0.785. The Kier molecular flexibility index (Phi) is 5.20. The molecule has 0 saturated carbocycles. The van der Waals surface area contributed by atoms with Crippen LogP contribution in [0.4, 0.5) is 0 Å². The number of thiophene rings is 1. The van der Waals surface area contributed by atoms with Crippen LogP contribution in [0.25, 0.3) is 10.2 Å². The smallest absolute Gasteiger partial charge is 0.262 e. The fourth-order valence-electron chi connectivity index (χ4n) is 2.80. The fraction of sp³-hybridized carbons (Fsp3) is 0.368. The summed E-state index contributed by atoms with van der Waals surface area (Å²) in [5, 5.41) is 10.9. The summed E-state index contributed by atoms with van der Waals surface area (Å²) >= 11 is 1.54. The van der Waals surface area contributed by atoms with Crippen molar-refractivity contribution in [1.29, 1.82) is 0 Å². The van der Waals surface area contributed by atoms with Gasteiger partial charge in [0.25, 0.3) is 5.56 Å². The van der Waals surface area contributed by atoms with Crippen LogP contribution in [0.3, 0.4) is 0 Å². The molecular formula is C19H22N2O3S. The molecule has 0 aliphatic carbocycles. The molecule has 0 fully saturated rings. The highest BCUT2D eigenvalue weighted by molar-refractivity contribution is 7.18. The summed E-state index contributed by atoms with van der Waals surface area (Å²) in [6, 6.07) is 7.81. The maximum Gasteiger partial charge on any atom is 0.262 e. The second-order valence-corrected chi connectivity index (χ2v) is 7.29. The summed E-state index contributed by atoms with van der Waals surface area (Å²) in [7, 11) is 0. The molecule has 0 amide bonds. The minimum absolute atomic E-state index is 0.118. The topological polar surface area (TPSA) is 64.4 Å². The highest BCUT2D eigenvalue weighted by atomic mass is 32.1. The molecule has 0 aliphatic heterocycles. The number of benzene rings is 1. The lowest BCUT2D eigenvalue weighted by molar-refractivity contribution is 0.0908. The van der Waals surface area contributed by atoms with Crippen molar-refractivity contribution in [3.05, 3.63) is 57.0 Å². The molecule has 3 rings (SSSR count). The molecule has 5 nitrogen and oxygen atoms in total. The van der Waals surface area contributed by atoms with Gasteiger partial charge in [-0.2, -0.15) is 0 Å². The highest BCUT2D eigenvalue weighted by Crippen LogP contribution is 2.23. The predicted octanol–water partition coefficient (Wildman–Crippen LogP) is 3.08. The largest absolute Gasteiger partial charge is 0.490 e. The zero-order valence-electron chi connectivity index (χ0n) is 14.7. The van der Waals surface area contributed by atoms with Crippen LogP contribution in [-0.2, 0) is 13.0 Å². The van der Waals surface area contributed by atoms with Crippen molar-refractivity contribution >= 4 is 21.6 Å². The summed E-state index contributed by atoms with van der Waals surface area (Å²) in [5.41, 5.74) is 1.93. The molecule has 132 valence electrons. The molecule has 0 bridgehead atoms. The molecular weight excluding hydrogens is 336 g/mol. The standard InChI is InChI=1S/C19H22N2O3S/c1-4-15-8-16-18(25-15)20-11-21(19(16)23)9-14(22)10-24-17-12(2)6-5-7-13(17)3/h5-8,11,14,22H,4,9-10H2,1-3H3. The van der Waals surface area contributed by atoms with Gasteiger partial charge in [-0.05, 0) is 37.5 Å². The number of hydrogen-bond acceptors (Lipinski definition) is 5. The lowest BCUT2D eigenvalue weighted by Gasteiger charge is -2.16. The molecule has 2 aromatic heterocycles. The number of aliphatic hydroxyl groups is 1.